The SMILES string of the molecule is Cc1ncc(CNC(=O)c2oc3ccc(Cl)cc3c2C)s1. The van der Waals surface area contributed by atoms with Gasteiger partial charge >= 0.3 is 0 Å². The van der Waals surface area contributed by atoms with E-state index in [2.05, 4.69) is 10.3 Å². The molecule has 0 saturated carbocycles. The van der Waals surface area contributed by atoms with E-state index in [0.29, 0.717) is 22.9 Å². The molecule has 0 bridgehead atoms. The van der Waals surface area contributed by atoms with Gasteiger partial charge in [0.25, 0.3) is 5.91 Å². The van der Waals surface area contributed by atoms with Gasteiger partial charge in [-0.3, -0.25) is 4.79 Å². The highest BCUT2D eigenvalue weighted by Crippen LogP contribution is 2.27. The van der Waals surface area contributed by atoms with E-state index in [1.807, 2.05) is 13.8 Å². The maximum absolute atomic E-state index is 12.2. The quantitative estimate of drug-likeness (QED) is 0.790. The zero-order valence-corrected chi connectivity index (χ0v) is 13.1. The predicted octanol–water partition coefficient (Wildman–Crippen LogP) is 4.09. The number of aryl methyl sites for hydroxylation is 2. The monoisotopic (exact) mass is 320 g/mol. The van der Waals surface area contributed by atoms with Crippen molar-refractivity contribution >= 4 is 39.8 Å². The summed E-state index contributed by atoms with van der Waals surface area (Å²) in [5.41, 5.74) is 1.46. The smallest absolute Gasteiger partial charge is 0.287 e. The van der Waals surface area contributed by atoms with E-state index in [1.54, 1.807) is 35.7 Å². The van der Waals surface area contributed by atoms with Crippen molar-refractivity contribution in [3.05, 3.63) is 50.6 Å². The lowest BCUT2D eigenvalue weighted by molar-refractivity contribution is 0.0925. The molecule has 0 aliphatic rings. The van der Waals surface area contributed by atoms with Gasteiger partial charge in [-0.15, -0.1) is 11.3 Å². The number of nitrogens with zero attached hydrogens (tertiary/aromatic N) is 1. The molecule has 0 saturated heterocycles. The molecule has 3 aromatic rings. The first-order chi connectivity index (χ1) is 10.0. The molecule has 0 aliphatic carbocycles. The van der Waals surface area contributed by atoms with Crippen LogP contribution in [-0.2, 0) is 6.54 Å². The molecule has 6 heteroatoms. The van der Waals surface area contributed by atoms with Gasteiger partial charge in [0.2, 0.25) is 0 Å². The van der Waals surface area contributed by atoms with Crippen molar-refractivity contribution in [3.8, 4) is 0 Å². The number of nitrogens with one attached hydrogen (secondary N) is 1. The lowest BCUT2D eigenvalue weighted by Crippen LogP contribution is -2.22. The van der Waals surface area contributed by atoms with E-state index < -0.39 is 0 Å². The van der Waals surface area contributed by atoms with Gasteiger partial charge in [-0.25, -0.2) is 4.98 Å². The van der Waals surface area contributed by atoms with Gasteiger partial charge in [-0.05, 0) is 32.0 Å². The first kappa shape index (κ1) is 14.1. The third-order valence-electron chi connectivity index (χ3n) is 3.20. The minimum absolute atomic E-state index is 0.231. The Bertz CT molecular complexity index is 822. The standard InChI is InChI=1S/C15H13ClN2O2S/c1-8-12-5-10(16)3-4-13(12)20-14(8)15(19)18-7-11-6-17-9(2)21-11/h3-6H,7H2,1-2H3,(H,18,19). The average molecular weight is 321 g/mol. The minimum Gasteiger partial charge on any atom is -0.451 e. The molecule has 21 heavy (non-hydrogen) atoms. The molecule has 4 nitrogen and oxygen atoms in total. The van der Waals surface area contributed by atoms with Crippen LogP contribution in [-0.4, -0.2) is 10.9 Å². The van der Waals surface area contributed by atoms with Crippen molar-refractivity contribution in [3.63, 3.8) is 0 Å². The van der Waals surface area contributed by atoms with Crippen LogP contribution >= 0.6 is 22.9 Å². The van der Waals surface area contributed by atoms with Gasteiger partial charge in [-0.1, -0.05) is 11.6 Å². The van der Waals surface area contributed by atoms with Gasteiger partial charge in [0.05, 0.1) is 11.6 Å². The van der Waals surface area contributed by atoms with Gasteiger partial charge < -0.3 is 9.73 Å². The number of furan rings is 1. The van der Waals surface area contributed by atoms with Crippen LogP contribution in [0, 0.1) is 13.8 Å². The van der Waals surface area contributed by atoms with Crippen molar-refractivity contribution < 1.29 is 9.21 Å². The summed E-state index contributed by atoms with van der Waals surface area (Å²) in [4.78, 5) is 17.4. The third-order valence-corrected chi connectivity index (χ3v) is 4.34. The highest BCUT2D eigenvalue weighted by atomic mass is 35.5. The zero-order chi connectivity index (χ0) is 15.0. The average Bonchev–Trinajstić information content (AvgIpc) is 3.01. The highest BCUT2D eigenvalue weighted by molar-refractivity contribution is 7.11. The summed E-state index contributed by atoms with van der Waals surface area (Å²) >= 11 is 7.54. The topological polar surface area (TPSA) is 55.1 Å². The Morgan fingerprint density at radius 1 is 1.43 bits per heavy atom. The van der Waals surface area contributed by atoms with E-state index in [1.165, 1.54) is 0 Å². The molecule has 0 atom stereocenters. The zero-order valence-electron chi connectivity index (χ0n) is 11.6. The second-order valence-electron chi connectivity index (χ2n) is 4.72. The van der Waals surface area contributed by atoms with Crippen LogP contribution < -0.4 is 5.32 Å². The Hall–Kier alpha value is -1.85. The first-order valence-corrected chi connectivity index (χ1v) is 7.62. The van der Waals surface area contributed by atoms with Crippen molar-refractivity contribution in [2.45, 2.75) is 20.4 Å². The van der Waals surface area contributed by atoms with Crippen LogP contribution in [0.4, 0.5) is 0 Å². The fourth-order valence-corrected chi connectivity index (χ4v) is 3.05. The molecule has 0 spiro atoms. The number of rotatable bonds is 3. The molecule has 1 N–H and O–H groups in total. The van der Waals surface area contributed by atoms with E-state index in [-0.39, 0.29) is 5.91 Å². The van der Waals surface area contributed by atoms with Crippen LogP contribution in [0.1, 0.15) is 26.0 Å². The Morgan fingerprint density at radius 2 is 2.24 bits per heavy atom. The number of thiazole rings is 1. The minimum atomic E-state index is -0.231. The second-order valence-corrected chi connectivity index (χ2v) is 6.48. The van der Waals surface area contributed by atoms with Crippen molar-refractivity contribution in [1.82, 2.24) is 10.3 Å². The van der Waals surface area contributed by atoms with Crippen molar-refractivity contribution in [2.24, 2.45) is 0 Å². The summed E-state index contributed by atoms with van der Waals surface area (Å²) in [6.07, 6.45) is 1.77. The number of benzene rings is 1. The van der Waals surface area contributed by atoms with E-state index >= 15 is 0 Å². The number of fused-ring (bicyclic) bond motifs is 1. The van der Waals surface area contributed by atoms with Gasteiger partial charge in [0.15, 0.2) is 5.76 Å². The Labute approximate surface area is 130 Å². The molecule has 1 aromatic carbocycles. The molecule has 0 aliphatic heterocycles. The fraction of sp³-hybridized carbons (Fsp3) is 0.200. The summed E-state index contributed by atoms with van der Waals surface area (Å²) in [6, 6.07) is 5.32. The third kappa shape index (κ3) is 2.80. The van der Waals surface area contributed by atoms with Crippen LogP contribution in [0.15, 0.2) is 28.8 Å². The predicted molar refractivity (Wildman–Crippen MR) is 84.0 cm³/mol. The Balaban J connectivity index is 1.82. The summed E-state index contributed by atoms with van der Waals surface area (Å²) in [6.45, 7) is 4.23. The molecular formula is C15H13ClN2O2S. The van der Waals surface area contributed by atoms with Crippen LogP contribution in [0.3, 0.4) is 0 Å². The lowest BCUT2D eigenvalue weighted by atomic mass is 10.1. The number of carbonyl (C=O) groups excluding carboxylic acids is 1. The number of carbonyl (C=O) groups is 1. The Kier molecular flexibility index (Phi) is 3.69. The molecule has 0 radical (unpaired) electrons. The number of amides is 1. The van der Waals surface area contributed by atoms with Gasteiger partial charge in [-0.2, -0.15) is 0 Å². The number of aromatic nitrogens is 1. The normalized spacial score (nSPS) is 11.0. The summed E-state index contributed by atoms with van der Waals surface area (Å²) < 4.78 is 5.63. The van der Waals surface area contributed by atoms with Crippen LogP contribution in [0.5, 0.6) is 0 Å². The van der Waals surface area contributed by atoms with Crippen LogP contribution in [0.25, 0.3) is 11.0 Å². The lowest BCUT2D eigenvalue weighted by Gasteiger charge is -2.01. The van der Waals surface area contributed by atoms with Crippen molar-refractivity contribution in [1.29, 1.82) is 0 Å². The van der Waals surface area contributed by atoms with Gasteiger partial charge in [0.1, 0.15) is 5.58 Å². The number of hydrogen-bond acceptors (Lipinski definition) is 4. The summed E-state index contributed by atoms with van der Waals surface area (Å²) in [7, 11) is 0. The number of hydrogen-bond donors (Lipinski definition) is 1. The molecule has 0 fully saturated rings. The Morgan fingerprint density at radius 3 is 2.95 bits per heavy atom. The van der Waals surface area contributed by atoms with Crippen LogP contribution in [0.2, 0.25) is 5.02 Å². The maximum Gasteiger partial charge on any atom is 0.287 e. The molecule has 0 unspecified atom stereocenters. The van der Waals surface area contributed by atoms with E-state index in [9.17, 15) is 4.79 Å². The molecule has 2 aromatic heterocycles. The molecule has 108 valence electrons. The van der Waals surface area contributed by atoms with E-state index in [0.717, 1.165) is 20.8 Å². The molecule has 2 heterocycles. The second kappa shape index (κ2) is 5.50. The number of halogens is 1. The molecule has 1 amide bonds. The fourth-order valence-electron chi connectivity index (χ4n) is 2.14. The van der Waals surface area contributed by atoms with Crippen molar-refractivity contribution in [2.75, 3.05) is 0 Å². The molecular weight excluding hydrogens is 308 g/mol. The highest BCUT2D eigenvalue weighted by Gasteiger charge is 2.17. The summed E-state index contributed by atoms with van der Waals surface area (Å²) in [5, 5.41) is 5.32. The first-order valence-electron chi connectivity index (χ1n) is 6.43. The molecule has 3 rings (SSSR count). The maximum atomic E-state index is 12.2. The summed E-state index contributed by atoms with van der Waals surface area (Å²) in [5.74, 6) is 0.0966. The van der Waals surface area contributed by atoms with Gasteiger partial charge in [0, 0.05) is 27.0 Å². The van der Waals surface area contributed by atoms with E-state index in [4.69, 9.17) is 16.0 Å². The largest absolute Gasteiger partial charge is 0.451 e.